The third kappa shape index (κ3) is 5.97. The second-order valence-corrected chi connectivity index (χ2v) is 7.15. The van der Waals surface area contributed by atoms with Gasteiger partial charge >= 0.3 is 23.9 Å². The first kappa shape index (κ1) is 24.5. The van der Waals surface area contributed by atoms with Gasteiger partial charge in [-0.1, -0.05) is 19.2 Å². The molecular weight excluding hydrogens is 434 g/mol. The fraction of sp³-hybridized carbons (Fsp3) is 0.312. The van der Waals surface area contributed by atoms with E-state index in [1.807, 2.05) is 0 Å². The quantitative estimate of drug-likeness (QED) is 0.208. The average molecular weight is 447 g/mol. The van der Waals surface area contributed by atoms with Crippen molar-refractivity contribution in [2.45, 2.75) is 24.9 Å². The zero-order chi connectivity index (χ0) is 22.8. The zero-order valence-electron chi connectivity index (χ0n) is 14.6. The van der Waals surface area contributed by atoms with Crippen LogP contribution in [0.15, 0.2) is 48.8 Å². The molecule has 0 saturated heterocycles. The minimum Gasteiger partial charge on any atom is -0.748 e. The molecule has 0 N–H and O–H groups in total. The van der Waals surface area contributed by atoms with E-state index in [-0.39, 0.29) is 11.5 Å². The van der Waals surface area contributed by atoms with E-state index in [0.29, 0.717) is 5.57 Å². The van der Waals surface area contributed by atoms with Gasteiger partial charge in [0, 0.05) is 0 Å². The van der Waals surface area contributed by atoms with E-state index in [2.05, 4.69) is 17.9 Å². The van der Waals surface area contributed by atoms with Gasteiger partial charge < -0.3 is 14.0 Å². The fourth-order valence-corrected chi connectivity index (χ4v) is 2.74. The number of halogens is 6. The summed E-state index contributed by atoms with van der Waals surface area (Å²) < 4.78 is 120. The normalized spacial score (nSPS) is 13.0. The van der Waals surface area contributed by atoms with Crippen molar-refractivity contribution in [3.05, 3.63) is 54.3 Å². The van der Waals surface area contributed by atoms with Crippen LogP contribution in [0.3, 0.4) is 0 Å². The van der Waals surface area contributed by atoms with Gasteiger partial charge in [0.05, 0.1) is 21.4 Å². The van der Waals surface area contributed by atoms with Crippen LogP contribution in [0.5, 0.6) is 5.75 Å². The maximum Gasteiger partial charge on any atom is 0.438 e. The van der Waals surface area contributed by atoms with Crippen LogP contribution in [0.4, 0.5) is 26.3 Å². The van der Waals surface area contributed by atoms with E-state index in [9.17, 15) is 44.1 Å². The van der Waals surface area contributed by atoms with Gasteiger partial charge in [-0.3, -0.25) is 0 Å². The largest absolute Gasteiger partial charge is 0.748 e. The lowest BCUT2D eigenvalue weighted by Crippen LogP contribution is -2.63. The Morgan fingerprint density at radius 2 is 1.62 bits per heavy atom. The van der Waals surface area contributed by atoms with Gasteiger partial charge in [-0.25, -0.2) is 13.2 Å². The van der Waals surface area contributed by atoms with Crippen molar-refractivity contribution in [2.24, 2.45) is 0 Å². The molecule has 6 nitrogen and oxygen atoms in total. The van der Waals surface area contributed by atoms with Crippen LogP contribution >= 0.6 is 0 Å². The monoisotopic (exact) mass is 447 g/mol. The summed E-state index contributed by atoms with van der Waals surface area (Å²) in [5, 5.41) is 0. The fourth-order valence-electron chi connectivity index (χ4n) is 1.85. The molecule has 0 aliphatic rings. The number of carbonyl (C=O) groups excluding carboxylic acids is 1. The zero-order valence-corrected chi connectivity index (χ0v) is 15.4. The van der Waals surface area contributed by atoms with Crippen molar-refractivity contribution in [3.8, 4) is 5.75 Å². The molecule has 0 atom stereocenters. The smallest absolute Gasteiger partial charge is 0.438 e. The van der Waals surface area contributed by atoms with Crippen molar-refractivity contribution >= 4 is 16.1 Å². The van der Waals surface area contributed by atoms with Gasteiger partial charge in [-0.05, 0) is 30.7 Å². The highest BCUT2D eigenvalue weighted by atomic mass is 32.2. The molecule has 0 aliphatic carbocycles. The molecule has 29 heavy (non-hydrogen) atoms. The van der Waals surface area contributed by atoms with Gasteiger partial charge in [0.15, 0.2) is 0 Å². The van der Waals surface area contributed by atoms with Crippen LogP contribution in [0.1, 0.15) is 17.3 Å². The van der Waals surface area contributed by atoms with Crippen LogP contribution in [0.25, 0.3) is 0 Å². The van der Waals surface area contributed by atoms with Gasteiger partial charge in [0.1, 0.15) is 11.5 Å². The molecule has 162 valence electrons. The molecule has 1 aromatic carbocycles. The SMILES string of the molecule is C=C(C)C(=C)Oc1cccc(C(=O)OC(CS(=O)(=O)[O-])(C(F)(F)F)C(F)(F)F)c1. The third-order valence-corrected chi connectivity index (χ3v) is 4.11. The maximum absolute atomic E-state index is 13.2. The molecule has 0 aliphatic heterocycles. The second kappa shape index (κ2) is 8.06. The summed E-state index contributed by atoms with van der Waals surface area (Å²) in [6.07, 6.45) is -12.9. The topological polar surface area (TPSA) is 92.7 Å². The van der Waals surface area contributed by atoms with Crippen LogP contribution in [0.2, 0.25) is 0 Å². The first-order chi connectivity index (χ1) is 12.9. The lowest BCUT2D eigenvalue weighted by atomic mass is 10.1. The lowest BCUT2D eigenvalue weighted by molar-refractivity contribution is -0.356. The number of hydrogen-bond acceptors (Lipinski definition) is 6. The molecule has 1 aromatic rings. The molecule has 0 aromatic heterocycles. The van der Waals surface area contributed by atoms with Crippen LogP contribution in [0, 0.1) is 0 Å². The van der Waals surface area contributed by atoms with Crippen molar-refractivity contribution in [2.75, 3.05) is 5.75 Å². The number of benzene rings is 1. The van der Waals surface area contributed by atoms with Crippen LogP contribution < -0.4 is 4.74 Å². The van der Waals surface area contributed by atoms with E-state index < -0.39 is 45.4 Å². The summed E-state index contributed by atoms with van der Waals surface area (Å²) in [6.45, 7) is 8.44. The first-order valence-corrected chi connectivity index (χ1v) is 8.90. The Hall–Kier alpha value is -2.54. The Kier molecular flexibility index (Phi) is 6.81. The molecule has 0 unspecified atom stereocenters. The van der Waals surface area contributed by atoms with E-state index in [0.717, 1.165) is 18.2 Å². The molecule has 0 bridgehead atoms. The number of allylic oxidation sites excluding steroid dienone is 1. The third-order valence-electron chi connectivity index (χ3n) is 3.35. The van der Waals surface area contributed by atoms with Crippen molar-refractivity contribution < 1.29 is 53.6 Å². The van der Waals surface area contributed by atoms with Gasteiger partial charge in [-0.15, -0.1) is 0 Å². The molecule has 13 heteroatoms. The second-order valence-electron chi connectivity index (χ2n) is 5.75. The summed E-state index contributed by atoms with van der Waals surface area (Å²) in [7, 11) is -6.12. The molecular formula is C16H13F6O6S-. The number of carbonyl (C=O) groups is 1. The Balaban J connectivity index is 3.39. The van der Waals surface area contributed by atoms with Gasteiger partial charge in [0.2, 0.25) is 0 Å². The summed E-state index contributed by atoms with van der Waals surface area (Å²) in [6, 6.07) is 3.78. The van der Waals surface area contributed by atoms with Crippen molar-refractivity contribution in [3.63, 3.8) is 0 Å². The van der Waals surface area contributed by atoms with Crippen LogP contribution in [-0.4, -0.2) is 42.6 Å². The highest BCUT2D eigenvalue weighted by molar-refractivity contribution is 7.85. The number of alkyl halides is 6. The Morgan fingerprint density at radius 1 is 1.10 bits per heavy atom. The van der Waals surface area contributed by atoms with E-state index >= 15 is 0 Å². The summed E-state index contributed by atoms with van der Waals surface area (Å²) in [5.74, 6) is -5.47. The summed E-state index contributed by atoms with van der Waals surface area (Å²) >= 11 is 0. The molecule has 0 saturated carbocycles. The minimum absolute atomic E-state index is 0.00658. The molecule has 0 spiro atoms. The van der Waals surface area contributed by atoms with E-state index in [1.165, 1.54) is 13.0 Å². The Morgan fingerprint density at radius 3 is 2.03 bits per heavy atom. The predicted molar refractivity (Wildman–Crippen MR) is 85.8 cm³/mol. The number of ether oxygens (including phenoxy) is 2. The number of hydrogen-bond donors (Lipinski definition) is 0. The maximum atomic E-state index is 13.2. The summed E-state index contributed by atoms with van der Waals surface area (Å²) in [4.78, 5) is 12.0. The Bertz CT molecular complexity index is 903. The van der Waals surface area contributed by atoms with Gasteiger partial charge in [0.25, 0.3) is 0 Å². The van der Waals surface area contributed by atoms with E-state index in [4.69, 9.17) is 4.74 Å². The molecule has 0 radical (unpaired) electrons. The molecule has 0 heterocycles. The molecule has 0 fully saturated rings. The average Bonchev–Trinajstić information content (AvgIpc) is 2.50. The number of rotatable bonds is 7. The first-order valence-electron chi connectivity index (χ1n) is 7.33. The Labute approximate surface area is 161 Å². The highest BCUT2D eigenvalue weighted by Crippen LogP contribution is 2.47. The van der Waals surface area contributed by atoms with Gasteiger partial charge in [-0.2, -0.15) is 26.3 Å². The van der Waals surface area contributed by atoms with Crippen molar-refractivity contribution in [1.29, 1.82) is 0 Å². The number of esters is 1. The highest BCUT2D eigenvalue weighted by Gasteiger charge is 2.75. The predicted octanol–water partition coefficient (Wildman–Crippen LogP) is 3.72. The minimum atomic E-state index is -6.46. The lowest BCUT2D eigenvalue weighted by Gasteiger charge is -2.36. The molecule has 0 amide bonds. The summed E-state index contributed by atoms with van der Waals surface area (Å²) in [5.41, 5.74) is -6.06. The van der Waals surface area contributed by atoms with Crippen molar-refractivity contribution in [1.82, 2.24) is 0 Å². The van der Waals surface area contributed by atoms with E-state index in [1.54, 1.807) is 0 Å². The van der Waals surface area contributed by atoms with Crippen LogP contribution in [-0.2, 0) is 14.9 Å². The molecule has 1 rings (SSSR count). The standard InChI is InChI=1S/C16H14F6O6S/c1-9(2)10(3)27-12-6-4-5-11(7-12)13(23)28-14(15(17,18)19,16(20,21)22)8-29(24,25)26/h4-7H,1,3,8H2,2H3,(H,24,25,26)/p-1.